The van der Waals surface area contributed by atoms with Gasteiger partial charge in [-0.3, -0.25) is 0 Å². The predicted octanol–water partition coefficient (Wildman–Crippen LogP) is 2.77. The van der Waals surface area contributed by atoms with Gasteiger partial charge in [0.05, 0.1) is 0 Å². The fraction of sp³-hybridized carbons (Fsp3) is 0. The molecule has 1 aliphatic carbocycles. The van der Waals surface area contributed by atoms with Crippen LogP contribution >= 0.6 is 9.53 Å². The van der Waals surface area contributed by atoms with Gasteiger partial charge in [-0.1, -0.05) is 0 Å². The molecule has 1 rings (SSSR count). The summed E-state index contributed by atoms with van der Waals surface area (Å²) in [5.41, 5.74) is 0. The Labute approximate surface area is 86.5 Å². The SMILES string of the molecule is [CH3-].[CH]1[CH][CH][CH][CH][CH][CH][CH]1.[Cl][Pd+]. The summed E-state index contributed by atoms with van der Waals surface area (Å²) in [5.74, 6) is 0. The Hall–Kier alpha value is 0.952. The molecule has 0 aromatic carbocycles. The minimum absolute atomic E-state index is 0. The van der Waals surface area contributed by atoms with E-state index in [2.05, 4.69) is 27.7 Å². The van der Waals surface area contributed by atoms with Crippen LogP contribution in [0.2, 0.25) is 0 Å². The van der Waals surface area contributed by atoms with Crippen molar-refractivity contribution in [2.45, 2.75) is 0 Å². The molecule has 0 amide bonds. The number of hydrogen-bond donors (Lipinski definition) is 0. The molecular formula is C9H11ClPd. The van der Waals surface area contributed by atoms with E-state index >= 15 is 0 Å². The summed E-state index contributed by atoms with van der Waals surface area (Å²) >= 11 is 2.22. The third-order valence-electron chi connectivity index (χ3n) is 0.889. The van der Waals surface area contributed by atoms with E-state index < -0.39 is 0 Å². The van der Waals surface area contributed by atoms with Gasteiger partial charge >= 0.3 is 27.7 Å². The minimum atomic E-state index is 0. The first-order valence-electron chi connectivity index (χ1n) is 2.79. The molecule has 0 nitrogen and oxygen atoms in total. The second-order valence-corrected chi connectivity index (χ2v) is 1.54. The maximum atomic E-state index is 4.49. The second-order valence-electron chi connectivity index (χ2n) is 1.54. The molecule has 2 heteroatoms. The van der Waals surface area contributed by atoms with Crippen LogP contribution in [0.25, 0.3) is 0 Å². The fourth-order valence-corrected chi connectivity index (χ4v) is 0.513. The summed E-state index contributed by atoms with van der Waals surface area (Å²) < 4.78 is 0. The van der Waals surface area contributed by atoms with Crippen molar-refractivity contribution in [3.63, 3.8) is 0 Å². The number of rotatable bonds is 0. The third kappa shape index (κ3) is 11.0. The molecule has 0 spiro atoms. The van der Waals surface area contributed by atoms with Gasteiger partial charge < -0.3 is 7.43 Å². The van der Waals surface area contributed by atoms with Gasteiger partial charge in [-0.15, -0.1) is 0 Å². The summed E-state index contributed by atoms with van der Waals surface area (Å²) in [5, 5.41) is 0. The van der Waals surface area contributed by atoms with Crippen molar-refractivity contribution >= 4 is 9.53 Å². The molecule has 1 fully saturated rings. The molecule has 0 atom stereocenters. The van der Waals surface area contributed by atoms with Crippen molar-refractivity contribution < 1.29 is 18.2 Å². The molecule has 0 bridgehead atoms. The average Bonchev–Trinajstić information content (AvgIpc) is 1.90. The Balaban J connectivity index is 0. The molecule has 0 aliphatic heterocycles. The molecule has 0 aromatic rings. The monoisotopic (exact) mass is 260 g/mol. The Morgan fingerprint density at radius 2 is 0.636 bits per heavy atom. The van der Waals surface area contributed by atoms with E-state index in [4.69, 9.17) is 0 Å². The number of halogens is 1. The maximum absolute atomic E-state index is 4.49. The first-order chi connectivity index (χ1) is 5.00. The van der Waals surface area contributed by atoms with Crippen LogP contribution in [0.15, 0.2) is 0 Å². The van der Waals surface area contributed by atoms with Crippen LogP contribution in [0.3, 0.4) is 0 Å². The van der Waals surface area contributed by atoms with E-state index in [9.17, 15) is 0 Å². The van der Waals surface area contributed by atoms with E-state index in [0.29, 0.717) is 0 Å². The van der Waals surface area contributed by atoms with Crippen molar-refractivity contribution in [1.29, 1.82) is 0 Å². The zero-order valence-corrected chi connectivity index (χ0v) is 8.62. The summed E-state index contributed by atoms with van der Waals surface area (Å²) in [6.45, 7) is 0. The van der Waals surface area contributed by atoms with Gasteiger partial charge in [0.15, 0.2) is 0 Å². The zero-order valence-electron chi connectivity index (χ0n) is 6.31. The first kappa shape index (κ1) is 14.5. The van der Waals surface area contributed by atoms with Crippen LogP contribution in [0.5, 0.6) is 0 Å². The molecule has 0 aromatic heterocycles. The molecule has 11 heavy (non-hydrogen) atoms. The van der Waals surface area contributed by atoms with Crippen molar-refractivity contribution in [1.82, 2.24) is 0 Å². The van der Waals surface area contributed by atoms with E-state index in [1.807, 2.05) is 51.4 Å². The Kier molecular flexibility index (Phi) is 17.8. The van der Waals surface area contributed by atoms with Crippen LogP contribution in [0, 0.1) is 58.8 Å². The van der Waals surface area contributed by atoms with Crippen molar-refractivity contribution in [3.8, 4) is 0 Å². The van der Waals surface area contributed by atoms with Gasteiger partial charge in [0.1, 0.15) is 0 Å². The van der Waals surface area contributed by atoms with Crippen molar-refractivity contribution in [2.24, 2.45) is 0 Å². The predicted molar refractivity (Wildman–Crippen MR) is 46.7 cm³/mol. The van der Waals surface area contributed by atoms with Crippen LogP contribution in [0.1, 0.15) is 0 Å². The van der Waals surface area contributed by atoms with Crippen molar-refractivity contribution in [2.75, 3.05) is 0 Å². The number of hydrogen-bond acceptors (Lipinski definition) is 0. The van der Waals surface area contributed by atoms with Crippen LogP contribution < -0.4 is 0 Å². The average molecular weight is 261 g/mol. The standard InChI is InChI=1S/C8H8.CH3.ClH.Pd/c1-2-4-6-8-7-5-3-1;;;/h1-8H;1H3;1H;/q;-1;;+2/p-1. The summed E-state index contributed by atoms with van der Waals surface area (Å²) in [6, 6.07) is 0. The molecule has 64 valence electrons. The molecular weight excluding hydrogens is 250 g/mol. The van der Waals surface area contributed by atoms with Gasteiger partial charge in [0.2, 0.25) is 0 Å². The van der Waals surface area contributed by atoms with Gasteiger partial charge in [-0.05, 0) is 51.4 Å². The fourth-order valence-electron chi connectivity index (χ4n) is 0.513. The molecule has 1 saturated carbocycles. The topological polar surface area (TPSA) is 0 Å². The van der Waals surface area contributed by atoms with Crippen molar-refractivity contribution in [3.05, 3.63) is 58.8 Å². The van der Waals surface area contributed by atoms with Crippen LogP contribution in [-0.4, -0.2) is 0 Å². The molecule has 0 unspecified atom stereocenters. The molecule has 0 N–H and O–H groups in total. The molecule has 1 aliphatic rings. The second kappa shape index (κ2) is 13.5. The Morgan fingerprint density at radius 1 is 0.545 bits per heavy atom. The van der Waals surface area contributed by atoms with Gasteiger partial charge in [0, 0.05) is 0 Å². The zero-order chi connectivity index (χ0) is 7.66. The van der Waals surface area contributed by atoms with Crippen LogP contribution in [-0.2, 0) is 18.2 Å². The van der Waals surface area contributed by atoms with Gasteiger partial charge in [-0.2, -0.15) is 0 Å². The van der Waals surface area contributed by atoms with E-state index in [1.54, 1.807) is 0 Å². The summed E-state index contributed by atoms with van der Waals surface area (Å²) in [6.07, 6.45) is 16.0. The molecule has 0 saturated heterocycles. The van der Waals surface area contributed by atoms with E-state index in [-0.39, 0.29) is 7.43 Å². The summed E-state index contributed by atoms with van der Waals surface area (Å²) in [7, 11) is 4.49. The first-order valence-corrected chi connectivity index (χ1v) is 4.79. The molecule has 8 radical (unpaired) electrons. The van der Waals surface area contributed by atoms with E-state index in [1.165, 1.54) is 0 Å². The van der Waals surface area contributed by atoms with Gasteiger partial charge in [0.25, 0.3) is 0 Å². The normalized spacial score (nSPS) is 18.1. The third-order valence-corrected chi connectivity index (χ3v) is 0.889. The Morgan fingerprint density at radius 3 is 0.727 bits per heavy atom. The van der Waals surface area contributed by atoms with Crippen LogP contribution in [0.4, 0.5) is 0 Å². The molecule has 0 heterocycles. The Bertz CT molecular complexity index is 33.5. The van der Waals surface area contributed by atoms with Gasteiger partial charge in [-0.25, -0.2) is 0 Å². The van der Waals surface area contributed by atoms with E-state index in [0.717, 1.165) is 0 Å². The summed E-state index contributed by atoms with van der Waals surface area (Å²) in [4.78, 5) is 0. The quantitative estimate of drug-likeness (QED) is 0.464.